The van der Waals surface area contributed by atoms with Crippen molar-refractivity contribution in [3.63, 3.8) is 0 Å². The predicted octanol–water partition coefficient (Wildman–Crippen LogP) is 0.331. The Hall–Kier alpha value is -0.770. The summed E-state index contributed by atoms with van der Waals surface area (Å²) in [6.45, 7) is 1.66. The molecule has 0 spiro atoms. The average Bonchev–Trinajstić information content (AvgIpc) is 2.77. The van der Waals surface area contributed by atoms with Gasteiger partial charge in [-0.3, -0.25) is 0 Å². The first-order valence-corrected chi connectivity index (χ1v) is 5.04. The van der Waals surface area contributed by atoms with E-state index in [1.807, 2.05) is 4.90 Å². The van der Waals surface area contributed by atoms with Crippen molar-refractivity contribution >= 4 is 6.03 Å². The second kappa shape index (κ2) is 2.61. The Bertz CT molecular complexity index is 244. The lowest BCUT2D eigenvalue weighted by Crippen LogP contribution is -2.43. The number of hydrogen-bond acceptors (Lipinski definition) is 2. The van der Waals surface area contributed by atoms with E-state index in [0.29, 0.717) is 18.2 Å². The van der Waals surface area contributed by atoms with Gasteiger partial charge in [-0.15, -0.1) is 0 Å². The Balaban J connectivity index is 1.75. The van der Waals surface area contributed by atoms with Crippen LogP contribution in [0.15, 0.2) is 0 Å². The van der Waals surface area contributed by atoms with Crippen molar-refractivity contribution in [2.45, 2.75) is 37.5 Å². The first kappa shape index (κ1) is 7.62. The molecule has 4 heteroatoms. The SMILES string of the molecule is O=C1NCCN1C1CC2CCC1O2. The fourth-order valence-electron chi connectivity index (χ4n) is 2.74. The van der Waals surface area contributed by atoms with Crippen LogP contribution in [-0.4, -0.2) is 42.3 Å². The Labute approximate surface area is 77.2 Å². The number of fused-ring (bicyclic) bond motifs is 2. The molecule has 0 aliphatic carbocycles. The highest BCUT2D eigenvalue weighted by Gasteiger charge is 2.45. The molecule has 3 rings (SSSR count). The second-order valence-electron chi connectivity index (χ2n) is 4.10. The van der Waals surface area contributed by atoms with Gasteiger partial charge in [0.05, 0.1) is 18.2 Å². The normalized spacial score (nSPS) is 42.9. The molecule has 1 N–H and O–H groups in total. The number of carbonyl (C=O) groups is 1. The molecule has 0 aromatic rings. The lowest BCUT2D eigenvalue weighted by molar-refractivity contribution is 0.0826. The van der Waals surface area contributed by atoms with Crippen LogP contribution in [0.3, 0.4) is 0 Å². The number of rotatable bonds is 1. The van der Waals surface area contributed by atoms with Gasteiger partial charge in [-0.1, -0.05) is 0 Å². The Morgan fingerprint density at radius 2 is 2.38 bits per heavy atom. The Morgan fingerprint density at radius 3 is 2.92 bits per heavy atom. The molecule has 3 aliphatic heterocycles. The van der Waals surface area contributed by atoms with E-state index in [9.17, 15) is 4.79 Å². The van der Waals surface area contributed by atoms with Crippen LogP contribution in [-0.2, 0) is 4.74 Å². The summed E-state index contributed by atoms with van der Waals surface area (Å²) < 4.78 is 5.72. The molecule has 3 unspecified atom stereocenters. The van der Waals surface area contributed by atoms with Crippen molar-refractivity contribution in [1.29, 1.82) is 0 Å². The van der Waals surface area contributed by atoms with Crippen molar-refractivity contribution < 1.29 is 9.53 Å². The summed E-state index contributed by atoms with van der Waals surface area (Å²) in [6, 6.07) is 0.461. The molecule has 0 saturated carbocycles. The highest BCUT2D eigenvalue weighted by Crippen LogP contribution is 2.37. The molecule has 2 bridgehead atoms. The molecular weight excluding hydrogens is 168 g/mol. The highest BCUT2D eigenvalue weighted by atomic mass is 16.5. The molecule has 2 amide bonds. The van der Waals surface area contributed by atoms with Gasteiger partial charge in [0.2, 0.25) is 0 Å². The molecule has 4 nitrogen and oxygen atoms in total. The third-order valence-electron chi connectivity index (χ3n) is 3.36. The minimum absolute atomic E-state index is 0.0983. The summed E-state index contributed by atoms with van der Waals surface area (Å²) in [6.07, 6.45) is 4.14. The molecule has 72 valence electrons. The molecule has 0 aromatic heterocycles. The van der Waals surface area contributed by atoms with Gasteiger partial charge in [-0.05, 0) is 19.3 Å². The fourth-order valence-corrected chi connectivity index (χ4v) is 2.74. The van der Waals surface area contributed by atoms with E-state index in [4.69, 9.17) is 4.74 Å². The molecule has 13 heavy (non-hydrogen) atoms. The minimum Gasteiger partial charge on any atom is -0.373 e. The fraction of sp³-hybridized carbons (Fsp3) is 0.889. The van der Waals surface area contributed by atoms with Crippen LogP contribution in [0.1, 0.15) is 19.3 Å². The van der Waals surface area contributed by atoms with E-state index in [2.05, 4.69) is 5.32 Å². The van der Waals surface area contributed by atoms with E-state index in [0.717, 1.165) is 25.9 Å². The lowest BCUT2D eigenvalue weighted by Gasteiger charge is -2.27. The van der Waals surface area contributed by atoms with Gasteiger partial charge >= 0.3 is 6.03 Å². The molecule has 3 heterocycles. The minimum atomic E-state index is 0.0983. The van der Waals surface area contributed by atoms with Crippen molar-refractivity contribution in [2.24, 2.45) is 0 Å². The van der Waals surface area contributed by atoms with Crippen LogP contribution < -0.4 is 5.32 Å². The van der Waals surface area contributed by atoms with Crippen molar-refractivity contribution in [2.75, 3.05) is 13.1 Å². The molecule has 3 atom stereocenters. The van der Waals surface area contributed by atoms with E-state index in [1.54, 1.807) is 0 Å². The van der Waals surface area contributed by atoms with E-state index < -0.39 is 0 Å². The van der Waals surface area contributed by atoms with Gasteiger partial charge in [-0.2, -0.15) is 0 Å². The molecule has 3 fully saturated rings. The van der Waals surface area contributed by atoms with Gasteiger partial charge < -0.3 is 15.0 Å². The van der Waals surface area contributed by atoms with Crippen molar-refractivity contribution in [3.05, 3.63) is 0 Å². The first-order chi connectivity index (χ1) is 6.34. The van der Waals surface area contributed by atoms with E-state index in [1.165, 1.54) is 6.42 Å². The number of urea groups is 1. The molecule has 3 saturated heterocycles. The first-order valence-electron chi connectivity index (χ1n) is 5.04. The Morgan fingerprint density at radius 1 is 1.46 bits per heavy atom. The quantitative estimate of drug-likeness (QED) is 0.635. The van der Waals surface area contributed by atoms with Crippen LogP contribution in [0.25, 0.3) is 0 Å². The van der Waals surface area contributed by atoms with E-state index >= 15 is 0 Å². The van der Waals surface area contributed by atoms with Gasteiger partial charge in [0, 0.05) is 13.1 Å². The molecular formula is C9H14N2O2. The predicted molar refractivity (Wildman–Crippen MR) is 46.4 cm³/mol. The summed E-state index contributed by atoms with van der Waals surface area (Å²) in [5, 5.41) is 2.84. The smallest absolute Gasteiger partial charge is 0.317 e. The summed E-state index contributed by atoms with van der Waals surface area (Å²) in [4.78, 5) is 13.3. The zero-order chi connectivity index (χ0) is 8.84. The van der Waals surface area contributed by atoms with Crippen molar-refractivity contribution in [3.8, 4) is 0 Å². The third kappa shape index (κ3) is 1.05. The van der Waals surface area contributed by atoms with Crippen molar-refractivity contribution in [1.82, 2.24) is 10.2 Å². The second-order valence-corrected chi connectivity index (χ2v) is 4.10. The standard InChI is InChI=1S/C9H14N2O2/c12-9-10-3-4-11(9)7-5-6-1-2-8(7)13-6/h6-8H,1-5H2,(H,10,12). The van der Waals surface area contributed by atoms with Crippen LogP contribution in [0.2, 0.25) is 0 Å². The van der Waals surface area contributed by atoms with Crippen LogP contribution in [0.4, 0.5) is 4.79 Å². The highest BCUT2D eigenvalue weighted by molar-refractivity contribution is 5.76. The van der Waals surface area contributed by atoms with Gasteiger partial charge in [0.1, 0.15) is 0 Å². The number of nitrogens with zero attached hydrogens (tertiary/aromatic N) is 1. The summed E-state index contributed by atoms with van der Waals surface area (Å²) in [5.74, 6) is 0. The van der Waals surface area contributed by atoms with Gasteiger partial charge in [0.25, 0.3) is 0 Å². The van der Waals surface area contributed by atoms with Gasteiger partial charge in [0.15, 0.2) is 0 Å². The van der Waals surface area contributed by atoms with Gasteiger partial charge in [-0.25, -0.2) is 4.79 Å². The maximum atomic E-state index is 11.4. The number of amides is 2. The topological polar surface area (TPSA) is 41.6 Å². The number of nitrogens with one attached hydrogen (secondary N) is 1. The summed E-state index contributed by atoms with van der Waals surface area (Å²) in [7, 11) is 0. The maximum absolute atomic E-state index is 11.4. The summed E-state index contributed by atoms with van der Waals surface area (Å²) >= 11 is 0. The van der Waals surface area contributed by atoms with Crippen LogP contribution in [0, 0.1) is 0 Å². The largest absolute Gasteiger partial charge is 0.373 e. The summed E-state index contributed by atoms with van der Waals surface area (Å²) in [5.41, 5.74) is 0. The average molecular weight is 182 g/mol. The maximum Gasteiger partial charge on any atom is 0.317 e. The zero-order valence-electron chi connectivity index (χ0n) is 7.53. The van der Waals surface area contributed by atoms with E-state index in [-0.39, 0.29) is 6.03 Å². The third-order valence-corrected chi connectivity index (χ3v) is 3.36. The number of carbonyl (C=O) groups excluding carboxylic acids is 1. The number of ether oxygens (including phenoxy) is 1. The van der Waals surface area contributed by atoms with Crippen LogP contribution >= 0.6 is 0 Å². The molecule has 0 aromatic carbocycles. The Kier molecular flexibility index (Phi) is 1.53. The number of hydrogen-bond donors (Lipinski definition) is 1. The van der Waals surface area contributed by atoms with Crippen LogP contribution in [0.5, 0.6) is 0 Å². The molecule has 0 radical (unpaired) electrons. The lowest BCUT2D eigenvalue weighted by atomic mass is 9.94. The molecule has 3 aliphatic rings. The zero-order valence-corrected chi connectivity index (χ0v) is 7.53. The monoisotopic (exact) mass is 182 g/mol.